The van der Waals surface area contributed by atoms with Gasteiger partial charge in [0.05, 0.1) is 49.8 Å². The maximum atomic E-state index is 13.0. The number of hydrogen-bond donors (Lipinski definition) is 1. The second-order valence-corrected chi connectivity index (χ2v) is 9.79. The van der Waals surface area contributed by atoms with Gasteiger partial charge in [-0.25, -0.2) is 8.42 Å². The molecule has 0 aliphatic carbocycles. The molecule has 0 amide bonds. The van der Waals surface area contributed by atoms with Crippen molar-refractivity contribution in [3.8, 4) is 23.0 Å². The van der Waals surface area contributed by atoms with Crippen LogP contribution in [0.25, 0.3) is 0 Å². The van der Waals surface area contributed by atoms with Gasteiger partial charge in [0.25, 0.3) is 15.7 Å². The number of nitro groups is 1. The van der Waals surface area contributed by atoms with E-state index in [1.807, 2.05) is 0 Å². The van der Waals surface area contributed by atoms with Gasteiger partial charge in [0.15, 0.2) is 5.75 Å². The van der Waals surface area contributed by atoms with Crippen molar-refractivity contribution in [3.63, 3.8) is 0 Å². The molecule has 0 spiro atoms. The molecule has 0 saturated carbocycles. The second-order valence-electron chi connectivity index (χ2n) is 6.48. The minimum absolute atomic E-state index is 0.0304. The van der Waals surface area contributed by atoms with E-state index >= 15 is 0 Å². The number of halogens is 4. The van der Waals surface area contributed by atoms with Gasteiger partial charge in [-0.05, 0) is 18.2 Å². The smallest absolute Gasteiger partial charge is 0.271 e. The average Bonchev–Trinajstić information content (AvgIpc) is 2.77. The fraction of sp³-hybridized carbons (Fsp3) is 0.100. The maximum absolute atomic E-state index is 13.0. The molecule has 0 fully saturated rings. The van der Waals surface area contributed by atoms with Crippen LogP contribution in [-0.4, -0.2) is 27.6 Å². The SMILES string of the molecule is COc1cc(NS(=O)(=O)c2cc(Cl)c(Oc3ccc([N+](=O)[O-])cc3Cl)c(Cl)c2)c(OC)cc1Cl. The van der Waals surface area contributed by atoms with Crippen LogP contribution in [0.1, 0.15) is 0 Å². The lowest BCUT2D eigenvalue weighted by molar-refractivity contribution is -0.384. The third-order valence-electron chi connectivity index (χ3n) is 4.34. The van der Waals surface area contributed by atoms with Crippen molar-refractivity contribution < 1.29 is 27.6 Å². The summed E-state index contributed by atoms with van der Waals surface area (Å²) in [4.78, 5) is 9.97. The molecule has 9 nitrogen and oxygen atoms in total. The molecule has 3 rings (SSSR count). The normalized spacial score (nSPS) is 11.1. The summed E-state index contributed by atoms with van der Waals surface area (Å²) in [7, 11) is -1.47. The van der Waals surface area contributed by atoms with Gasteiger partial charge < -0.3 is 14.2 Å². The van der Waals surface area contributed by atoms with Crippen LogP contribution in [0.4, 0.5) is 11.4 Å². The number of benzene rings is 3. The fourth-order valence-corrected chi connectivity index (χ4v) is 4.98. The Hall–Kier alpha value is -2.63. The summed E-state index contributed by atoms with van der Waals surface area (Å²) < 4.78 is 44.3. The topological polar surface area (TPSA) is 117 Å². The van der Waals surface area contributed by atoms with Crippen LogP contribution in [0.2, 0.25) is 20.1 Å². The number of nitrogens with one attached hydrogen (secondary N) is 1. The van der Waals surface area contributed by atoms with Gasteiger partial charge in [-0.15, -0.1) is 0 Å². The lowest BCUT2D eigenvalue weighted by Crippen LogP contribution is -2.14. The third-order valence-corrected chi connectivity index (χ3v) is 6.84. The minimum atomic E-state index is -4.20. The van der Waals surface area contributed by atoms with E-state index in [0.717, 1.165) is 18.2 Å². The van der Waals surface area contributed by atoms with Gasteiger partial charge in [0, 0.05) is 24.3 Å². The zero-order valence-electron chi connectivity index (χ0n) is 17.3. The monoisotopic (exact) mass is 566 g/mol. The van der Waals surface area contributed by atoms with Crippen molar-refractivity contribution in [2.75, 3.05) is 18.9 Å². The van der Waals surface area contributed by atoms with Crippen LogP contribution in [0.5, 0.6) is 23.0 Å². The molecule has 0 atom stereocenters. The molecule has 1 N–H and O–H groups in total. The van der Waals surface area contributed by atoms with Gasteiger partial charge in [-0.3, -0.25) is 14.8 Å². The molecular weight excluding hydrogens is 554 g/mol. The molecule has 180 valence electrons. The van der Waals surface area contributed by atoms with Crippen LogP contribution in [0, 0.1) is 10.1 Å². The highest BCUT2D eigenvalue weighted by Crippen LogP contribution is 2.42. The van der Waals surface area contributed by atoms with E-state index in [0.29, 0.717) is 0 Å². The molecule has 3 aromatic carbocycles. The number of ether oxygens (including phenoxy) is 3. The van der Waals surface area contributed by atoms with Gasteiger partial charge >= 0.3 is 0 Å². The van der Waals surface area contributed by atoms with Crippen molar-refractivity contribution in [1.82, 2.24) is 0 Å². The quantitative estimate of drug-likeness (QED) is 0.234. The second kappa shape index (κ2) is 10.3. The van der Waals surface area contributed by atoms with Crippen molar-refractivity contribution in [2.24, 2.45) is 0 Å². The predicted octanol–water partition coefficient (Wildman–Crippen LogP) is 6.82. The highest BCUT2D eigenvalue weighted by atomic mass is 35.5. The Morgan fingerprint density at radius 1 is 0.824 bits per heavy atom. The van der Waals surface area contributed by atoms with Crippen LogP contribution < -0.4 is 18.9 Å². The summed E-state index contributed by atoms with van der Waals surface area (Å²) in [5.74, 6) is 0.311. The summed E-state index contributed by atoms with van der Waals surface area (Å²) >= 11 is 24.6. The number of nitro benzene ring substituents is 1. The van der Waals surface area contributed by atoms with E-state index in [2.05, 4.69) is 4.72 Å². The zero-order chi connectivity index (χ0) is 25.2. The summed E-state index contributed by atoms with van der Waals surface area (Å²) in [6.45, 7) is 0. The molecule has 0 heterocycles. The molecule has 3 aromatic rings. The standard InChI is InChI=1S/C20H14Cl4N2O7S/c1-31-18-9-16(19(32-2)8-13(18)22)25-34(29,30)11-6-14(23)20(15(24)7-11)33-17-4-3-10(26(27)28)5-12(17)21/h3-9,25H,1-2H3. The number of non-ortho nitro benzene ring substituents is 1. The van der Waals surface area contributed by atoms with Gasteiger partial charge in [0.1, 0.15) is 17.2 Å². The van der Waals surface area contributed by atoms with Gasteiger partial charge in [0.2, 0.25) is 0 Å². The molecule has 0 bridgehead atoms. The maximum Gasteiger partial charge on any atom is 0.271 e. The lowest BCUT2D eigenvalue weighted by atomic mass is 10.3. The Morgan fingerprint density at radius 3 is 1.94 bits per heavy atom. The molecule has 0 unspecified atom stereocenters. The fourth-order valence-electron chi connectivity index (χ4n) is 2.73. The van der Waals surface area contributed by atoms with Crippen molar-refractivity contribution >= 4 is 67.8 Å². The van der Waals surface area contributed by atoms with E-state index in [9.17, 15) is 18.5 Å². The molecule has 0 saturated heterocycles. The molecule has 34 heavy (non-hydrogen) atoms. The first-order chi connectivity index (χ1) is 16.0. The van der Waals surface area contributed by atoms with E-state index in [1.54, 1.807) is 0 Å². The molecule has 0 aliphatic heterocycles. The first kappa shape index (κ1) is 26.0. The number of rotatable bonds is 8. The Labute approximate surface area is 214 Å². The van der Waals surface area contributed by atoms with Crippen LogP contribution in [-0.2, 0) is 10.0 Å². The summed E-state index contributed by atoms with van der Waals surface area (Å²) in [5, 5.41) is 10.7. The Kier molecular flexibility index (Phi) is 7.89. The summed E-state index contributed by atoms with van der Waals surface area (Å²) in [6, 6.07) is 8.52. The van der Waals surface area contributed by atoms with Gasteiger partial charge in [-0.1, -0.05) is 46.4 Å². The molecular formula is C20H14Cl4N2O7S. The minimum Gasteiger partial charge on any atom is -0.495 e. The first-order valence-electron chi connectivity index (χ1n) is 9.02. The number of sulfonamides is 1. The zero-order valence-corrected chi connectivity index (χ0v) is 21.1. The lowest BCUT2D eigenvalue weighted by Gasteiger charge is -2.16. The van der Waals surface area contributed by atoms with Crippen LogP contribution >= 0.6 is 46.4 Å². The summed E-state index contributed by atoms with van der Waals surface area (Å²) in [5.41, 5.74) is -0.176. The number of anilines is 1. The Balaban J connectivity index is 1.95. The molecule has 0 radical (unpaired) electrons. The van der Waals surface area contributed by atoms with Gasteiger partial charge in [-0.2, -0.15) is 0 Å². The Morgan fingerprint density at radius 2 is 1.41 bits per heavy atom. The molecule has 14 heteroatoms. The number of hydrogen-bond acceptors (Lipinski definition) is 7. The van der Waals surface area contributed by atoms with E-state index in [-0.39, 0.29) is 59.4 Å². The highest BCUT2D eigenvalue weighted by molar-refractivity contribution is 7.92. The number of methoxy groups -OCH3 is 2. The average molecular weight is 568 g/mol. The van der Waals surface area contributed by atoms with Crippen molar-refractivity contribution in [3.05, 3.63) is 72.7 Å². The summed E-state index contributed by atoms with van der Waals surface area (Å²) in [6.07, 6.45) is 0. The van der Waals surface area contributed by atoms with Crippen LogP contribution in [0.3, 0.4) is 0 Å². The van der Waals surface area contributed by atoms with Crippen LogP contribution in [0.15, 0.2) is 47.4 Å². The predicted molar refractivity (Wildman–Crippen MR) is 130 cm³/mol. The van der Waals surface area contributed by atoms with Crippen molar-refractivity contribution in [2.45, 2.75) is 4.90 Å². The van der Waals surface area contributed by atoms with E-state index in [1.165, 1.54) is 38.5 Å². The molecule has 0 aromatic heterocycles. The number of nitrogens with zero attached hydrogens (tertiary/aromatic N) is 1. The third kappa shape index (κ3) is 5.53. The largest absolute Gasteiger partial charge is 0.495 e. The van der Waals surface area contributed by atoms with E-state index in [4.69, 9.17) is 60.6 Å². The highest BCUT2D eigenvalue weighted by Gasteiger charge is 2.23. The van der Waals surface area contributed by atoms with Crippen molar-refractivity contribution in [1.29, 1.82) is 0 Å². The Bertz CT molecular complexity index is 1360. The van der Waals surface area contributed by atoms with E-state index < -0.39 is 14.9 Å². The first-order valence-corrected chi connectivity index (χ1v) is 12.0. The molecule has 0 aliphatic rings.